The summed E-state index contributed by atoms with van der Waals surface area (Å²) in [7, 11) is -3.79. The lowest BCUT2D eigenvalue weighted by Gasteiger charge is -2.11. The summed E-state index contributed by atoms with van der Waals surface area (Å²) in [5, 5.41) is 2.25. The molecule has 0 spiro atoms. The van der Waals surface area contributed by atoms with E-state index in [2.05, 4.69) is 9.28 Å². The minimum atomic E-state index is -4.84. The van der Waals surface area contributed by atoms with Crippen molar-refractivity contribution in [2.75, 3.05) is 0 Å². The average Bonchev–Trinajstić information content (AvgIpc) is 2.78. The van der Waals surface area contributed by atoms with Crippen LogP contribution in [-0.2, 0) is 29.5 Å². The van der Waals surface area contributed by atoms with E-state index in [-0.39, 0.29) is 0 Å². The zero-order valence-corrected chi connectivity index (χ0v) is 13.6. The third-order valence-corrected chi connectivity index (χ3v) is 4.56. The summed E-state index contributed by atoms with van der Waals surface area (Å²) >= 11 is 5.54. The van der Waals surface area contributed by atoms with Gasteiger partial charge in [0.1, 0.15) is 4.90 Å². The maximum absolute atomic E-state index is 12.6. The molecule has 0 fully saturated rings. The summed E-state index contributed by atoms with van der Waals surface area (Å²) in [6, 6.07) is 1.69. The van der Waals surface area contributed by atoms with Gasteiger partial charge in [0, 0.05) is 13.1 Å². The highest BCUT2D eigenvalue weighted by Gasteiger charge is 2.36. The molecule has 0 atom stereocenters. The SMILES string of the molecule is Cn1nc(C(F)(F)F)cc1OS(=O)(=O)c1ccc(C(F)(F)F)cc1Cl. The van der Waals surface area contributed by atoms with Crippen molar-refractivity contribution >= 4 is 21.7 Å². The summed E-state index contributed by atoms with van der Waals surface area (Å²) < 4.78 is 104. The van der Waals surface area contributed by atoms with Gasteiger partial charge in [-0.2, -0.15) is 39.9 Å². The first kappa shape index (κ1) is 19.4. The minimum absolute atomic E-state index is 0.329. The van der Waals surface area contributed by atoms with Gasteiger partial charge in [0.05, 0.1) is 10.6 Å². The summed E-state index contributed by atoms with van der Waals surface area (Å²) in [6.07, 6.45) is -9.59. The van der Waals surface area contributed by atoms with Crippen LogP contribution in [0.1, 0.15) is 11.3 Å². The molecule has 2 rings (SSSR count). The van der Waals surface area contributed by atoms with Crippen LogP contribution in [-0.4, -0.2) is 18.2 Å². The Morgan fingerprint density at radius 1 is 1.08 bits per heavy atom. The van der Waals surface area contributed by atoms with Crippen molar-refractivity contribution in [3.05, 3.63) is 40.5 Å². The molecular formula is C12H7ClF6N2O3S. The zero-order valence-electron chi connectivity index (χ0n) is 12.0. The van der Waals surface area contributed by atoms with Crippen molar-refractivity contribution < 1.29 is 38.9 Å². The Morgan fingerprint density at radius 2 is 1.68 bits per heavy atom. The minimum Gasteiger partial charge on any atom is -0.358 e. The maximum Gasteiger partial charge on any atom is 0.435 e. The molecule has 0 bridgehead atoms. The Bertz CT molecular complexity index is 905. The Hall–Kier alpha value is -1.95. The highest BCUT2D eigenvalue weighted by atomic mass is 35.5. The smallest absolute Gasteiger partial charge is 0.358 e. The van der Waals surface area contributed by atoms with E-state index < -0.39 is 49.5 Å². The van der Waals surface area contributed by atoms with Crippen molar-refractivity contribution in [3.8, 4) is 5.88 Å². The van der Waals surface area contributed by atoms with Gasteiger partial charge in [-0.15, -0.1) is 0 Å². The highest BCUT2D eigenvalue weighted by molar-refractivity contribution is 7.87. The van der Waals surface area contributed by atoms with Gasteiger partial charge in [-0.1, -0.05) is 11.6 Å². The molecule has 0 amide bonds. The first-order chi connectivity index (χ1) is 11.2. The van der Waals surface area contributed by atoms with Gasteiger partial charge in [0.15, 0.2) is 5.69 Å². The summed E-state index contributed by atoms with van der Waals surface area (Å²) in [5.74, 6) is -0.789. The fourth-order valence-corrected chi connectivity index (χ4v) is 3.17. The molecule has 5 nitrogen and oxygen atoms in total. The summed E-state index contributed by atoms with van der Waals surface area (Å²) in [4.78, 5) is -0.836. The second kappa shape index (κ2) is 6.09. The number of hydrogen-bond donors (Lipinski definition) is 0. The summed E-state index contributed by atoms with van der Waals surface area (Å²) in [6.45, 7) is 0. The normalized spacial score (nSPS) is 13.1. The first-order valence-electron chi connectivity index (χ1n) is 6.14. The predicted octanol–water partition coefficient (Wildman–Crippen LogP) is 3.88. The van der Waals surface area contributed by atoms with Gasteiger partial charge in [-0.25, -0.2) is 4.68 Å². The van der Waals surface area contributed by atoms with Gasteiger partial charge in [-0.05, 0) is 18.2 Å². The van der Waals surface area contributed by atoms with Crippen molar-refractivity contribution in [2.45, 2.75) is 17.2 Å². The number of alkyl halides is 6. The highest BCUT2D eigenvalue weighted by Crippen LogP contribution is 2.35. The lowest BCUT2D eigenvalue weighted by atomic mass is 10.2. The van der Waals surface area contributed by atoms with E-state index in [0.29, 0.717) is 28.9 Å². The fraction of sp³-hybridized carbons (Fsp3) is 0.250. The van der Waals surface area contributed by atoms with Gasteiger partial charge < -0.3 is 4.18 Å². The Kier molecular flexibility index (Phi) is 4.72. The van der Waals surface area contributed by atoms with E-state index in [4.69, 9.17) is 11.6 Å². The molecule has 138 valence electrons. The van der Waals surface area contributed by atoms with E-state index >= 15 is 0 Å². The molecular weight excluding hydrogens is 402 g/mol. The number of benzene rings is 1. The van der Waals surface area contributed by atoms with Crippen molar-refractivity contribution in [1.29, 1.82) is 0 Å². The van der Waals surface area contributed by atoms with Crippen LogP contribution in [0.3, 0.4) is 0 Å². The number of hydrogen-bond acceptors (Lipinski definition) is 4. The standard InChI is InChI=1S/C12H7ClF6N2O3S/c1-21-10(5-9(20-21)12(17,18)19)24-25(22,23)8-3-2-6(4-7(8)13)11(14,15)16/h2-5H,1H3. The van der Waals surface area contributed by atoms with Gasteiger partial charge in [0.25, 0.3) is 0 Å². The Labute approximate surface area is 141 Å². The van der Waals surface area contributed by atoms with E-state index in [1.807, 2.05) is 0 Å². The third kappa shape index (κ3) is 4.18. The maximum atomic E-state index is 12.6. The summed E-state index contributed by atoms with van der Waals surface area (Å²) in [5.41, 5.74) is -2.60. The quantitative estimate of drug-likeness (QED) is 0.571. The molecule has 0 radical (unpaired) electrons. The molecule has 1 aromatic carbocycles. The molecule has 1 aromatic heterocycles. The van der Waals surface area contributed by atoms with Crippen molar-refractivity contribution in [1.82, 2.24) is 9.78 Å². The number of aromatic nitrogens is 2. The molecule has 0 N–H and O–H groups in total. The molecule has 0 saturated carbocycles. The van der Waals surface area contributed by atoms with Crippen LogP contribution in [0.2, 0.25) is 5.02 Å². The molecule has 0 aliphatic heterocycles. The van der Waals surface area contributed by atoms with E-state index in [0.717, 1.165) is 7.05 Å². The predicted molar refractivity (Wildman–Crippen MR) is 72.5 cm³/mol. The lowest BCUT2D eigenvalue weighted by Crippen LogP contribution is -2.13. The number of halogens is 7. The Balaban J connectivity index is 2.39. The molecule has 0 aliphatic rings. The topological polar surface area (TPSA) is 61.2 Å². The first-order valence-corrected chi connectivity index (χ1v) is 7.93. The molecule has 25 heavy (non-hydrogen) atoms. The van der Waals surface area contributed by atoms with Crippen LogP contribution in [0.25, 0.3) is 0 Å². The van der Waals surface area contributed by atoms with E-state index in [9.17, 15) is 34.8 Å². The third-order valence-electron chi connectivity index (χ3n) is 2.85. The van der Waals surface area contributed by atoms with Crippen LogP contribution >= 0.6 is 11.6 Å². The van der Waals surface area contributed by atoms with Crippen LogP contribution in [0.4, 0.5) is 26.3 Å². The van der Waals surface area contributed by atoms with E-state index in [1.165, 1.54) is 0 Å². The van der Waals surface area contributed by atoms with Crippen molar-refractivity contribution in [3.63, 3.8) is 0 Å². The number of aryl methyl sites for hydroxylation is 1. The van der Waals surface area contributed by atoms with Crippen LogP contribution < -0.4 is 4.18 Å². The zero-order chi connectivity index (χ0) is 19.2. The van der Waals surface area contributed by atoms with E-state index in [1.54, 1.807) is 0 Å². The van der Waals surface area contributed by atoms with Gasteiger partial charge in [-0.3, -0.25) is 0 Å². The second-order valence-electron chi connectivity index (χ2n) is 4.67. The molecule has 0 aliphatic carbocycles. The Morgan fingerprint density at radius 3 is 2.12 bits per heavy atom. The fourth-order valence-electron chi connectivity index (χ4n) is 1.70. The lowest BCUT2D eigenvalue weighted by molar-refractivity contribution is -0.141. The van der Waals surface area contributed by atoms with Crippen LogP contribution in [0.5, 0.6) is 5.88 Å². The molecule has 0 saturated heterocycles. The molecule has 13 heteroatoms. The second-order valence-corrected chi connectivity index (χ2v) is 6.59. The largest absolute Gasteiger partial charge is 0.435 e. The number of nitrogens with zero attached hydrogens (tertiary/aromatic N) is 2. The van der Waals surface area contributed by atoms with Crippen LogP contribution in [0.15, 0.2) is 29.2 Å². The number of rotatable bonds is 3. The van der Waals surface area contributed by atoms with Gasteiger partial charge >= 0.3 is 22.5 Å². The molecule has 1 heterocycles. The van der Waals surface area contributed by atoms with Crippen LogP contribution in [0, 0.1) is 0 Å². The monoisotopic (exact) mass is 408 g/mol. The molecule has 2 aromatic rings. The van der Waals surface area contributed by atoms with Crippen molar-refractivity contribution in [2.24, 2.45) is 7.05 Å². The molecule has 0 unspecified atom stereocenters. The van der Waals surface area contributed by atoms with Gasteiger partial charge in [0.2, 0.25) is 5.88 Å². The average molecular weight is 409 g/mol.